The minimum absolute atomic E-state index is 0.0745. The number of thiazole rings is 1. The SMILES string of the molecule is CCCN(CCC)C(=O)c1cc(C(=O)N[C@@H](Cc2cc(F)cc(F)c2)[C@H](O)CNC(C)C(=O)NC(C)C)cc(-c2nccs2)c1. The van der Waals surface area contributed by atoms with Crippen LogP contribution in [0.15, 0.2) is 48.0 Å². The summed E-state index contributed by atoms with van der Waals surface area (Å²) in [6.45, 7) is 10.3. The number of aliphatic hydroxyl groups excluding tert-OH is 1. The Kier molecular flexibility index (Phi) is 13.6. The summed E-state index contributed by atoms with van der Waals surface area (Å²) in [5.74, 6) is -2.64. The van der Waals surface area contributed by atoms with Crippen molar-refractivity contribution in [3.05, 3.63) is 76.3 Å². The van der Waals surface area contributed by atoms with Gasteiger partial charge in [-0.05, 0) is 75.9 Å². The molecule has 3 rings (SSSR count). The summed E-state index contributed by atoms with van der Waals surface area (Å²) >= 11 is 1.36. The molecule has 12 heteroatoms. The number of nitrogens with one attached hydrogen (secondary N) is 3. The Morgan fingerprint density at radius 2 is 1.58 bits per heavy atom. The second-order valence-corrected chi connectivity index (χ2v) is 12.2. The van der Waals surface area contributed by atoms with E-state index in [2.05, 4.69) is 20.9 Å². The van der Waals surface area contributed by atoms with E-state index >= 15 is 0 Å². The van der Waals surface area contributed by atoms with Crippen molar-refractivity contribution in [2.45, 2.75) is 78.1 Å². The van der Waals surface area contributed by atoms with Crippen LogP contribution in [0, 0.1) is 11.6 Å². The number of hydrogen-bond acceptors (Lipinski definition) is 7. The molecule has 1 heterocycles. The highest BCUT2D eigenvalue weighted by atomic mass is 32.1. The first kappa shape index (κ1) is 35.7. The van der Waals surface area contributed by atoms with E-state index in [0.717, 1.165) is 31.0 Å². The van der Waals surface area contributed by atoms with Gasteiger partial charge in [-0.25, -0.2) is 13.8 Å². The molecule has 2 aromatic carbocycles. The van der Waals surface area contributed by atoms with Gasteiger partial charge in [0.2, 0.25) is 5.91 Å². The Labute approximate surface area is 267 Å². The molecular weight excluding hydrogens is 600 g/mol. The third-order valence-corrected chi connectivity index (χ3v) is 7.83. The number of carbonyl (C=O) groups is 3. The molecule has 4 N–H and O–H groups in total. The maximum atomic E-state index is 14.0. The maximum absolute atomic E-state index is 14.0. The molecule has 1 unspecified atom stereocenters. The molecule has 0 fully saturated rings. The Bertz CT molecular complexity index is 1410. The first-order valence-electron chi connectivity index (χ1n) is 15.2. The largest absolute Gasteiger partial charge is 0.390 e. The Balaban J connectivity index is 1.93. The third kappa shape index (κ3) is 10.7. The number of halogens is 2. The lowest BCUT2D eigenvalue weighted by Gasteiger charge is -2.26. The van der Waals surface area contributed by atoms with E-state index < -0.39 is 35.7 Å². The van der Waals surface area contributed by atoms with Crippen LogP contribution in [-0.4, -0.2) is 76.6 Å². The molecule has 0 aliphatic rings. The molecule has 0 radical (unpaired) electrons. The zero-order valence-corrected chi connectivity index (χ0v) is 27.2. The molecule has 1 aromatic heterocycles. The molecule has 3 atom stereocenters. The van der Waals surface area contributed by atoms with Crippen LogP contribution in [0.5, 0.6) is 0 Å². The fourth-order valence-corrected chi connectivity index (χ4v) is 5.49. The van der Waals surface area contributed by atoms with Crippen LogP contribution in [0.4, 0.5) is 8.78 Å². The van der Waals surface area contributed by atoms with Gasteiger partial charge in [-0.3, -0.25) is 14.4 Å². The lowest BCUT2D eigenvalue weighted by atomic mass is 9.99. The first-order valence-corrected chi connectivity index (χ1v) is 16.1. The van der Waals surface area contributed by atoms with Crippen LogP contribution in [0.1, 0.15) is 73.7 Å². The summed E-state index contributed by atoms with van der Waals surface area (Å²) in [7, 11) is 0. The van der Waals surface area contributed by atoms with Crippen molar-refractivity contribution >= 4 is 29.1 Å². The van der Waals surface area contributed by atoms with Crippen LogP contribution < -0.4 is 16.0 Å². The number of aromatic nitrogens is 1. The topological polar surface area (TPSA) is 124 Å². The number of nitrogens with zero attached hydrogens (tertiary/aromatic N) is 2. The molecule has 0 aliphatic carbocycles. The Hall–Kier alpha value is -3.74. The summed E-state index contributed by atoms with van der Waals surface area (Å²) < 4.78 is 28.1. The smallest absolute Gasteiger partial charge is 0.253 e. The highest BCUT2D eigenvalue weighted by Gasteiger charge is 2.26. The van der Waals surface area contributed by atoms with Gasteiger partial charge in [-0.2, -0.15) is 0 Å². The minimum atomic E-state index is -1.25. The quantitative estimate of drug-likeness (QED) is 0.182. The molecule has 0 saturated heterocycles. The lowest BCUT2D eigenvalue weighted by Crippen LogP contribution is -2.52. The summed E-state index contributed by atoms with van der Waals surface area (Å²) in [5.41, 5.74) is 1.31. The van der Waals surface area contributed by atoms with Gasteiger partial charge in [0, 0.05) is 60.0 Å². The van der Waals surface area contributed by atoms with Crippen molar-refractivity contribution in [3.63, 3.8) is 0 Å². The second-order valence-electron chi connectivity index (χ2n) is 11.4. The van der Waals surface area contributed by atoms with Crippen LogP contribution in [0.2, 0.25) is 0 Å². The fourth-order valence-electron chi connectivity index (χ4n) is 4.87. The lowest BCUT2D eigenvalue weighted by molar-refractivity contribution is -0.123. The van der Waals surface area contributed by atoms with Crippen LogP contribution in [0.25, 0.3) is 10.6 Å². The van der Waals surface area contributed by atoms with E-state index in [-0.39, 0.29) is 41.9 Å². The highest BCUT2D eigenvalue weighted by Crippen LogP contribution is 2.26. The predicted molar refractivity (Wildman–Crippen MR) is 172 cm³/mol. The van der Waals surface area contributed by atoms with E-state index in [9.17, 15) is 28.3 Å². The van der Waals surface area contributed by atoms with Gasteiger partial charge in [0.05, 0.1) is 18.2 Å². The van der Waals surface area contributed by atoms with E-state index in [0.29, 0.717) is 29.2 Å². The molecule has 244 valence electrons. The minimum Gasteiger partial charge on any atom is -0.390 e. The van der Waals surface area contributed by atoms with Gasteiger partial charge in [0.25, 0.3) is 11.8 Å². The molecule has 45 heavy (non-hydrogen) atoms. The standard InChI is InChI=1S/C33H43F2N5O4S/c1-6-9-40(10-7-2)33(44)25-16-23(15-24(17-25)32-36-8-11-45-32)31(43)39-28(14-22-12-26(34)18-27(35)13-22)29(41)19-37-21(5)30(42)38-20(3)4/h8,11-13,15-18,20-21,28-29,37,41H,6-7,9-10,14,19H2,1-5H3,(H,38,42)(H,39,43)/t21?,28-,29+/m0/s1. The first-order chi connectivity index (χ1) is 21.4. The van der Waals surface area contributed by atoms with Gasteiger partial charge in [0.15, 0.2) is 0 Å². The van der Waals surface area contributed by atoms with E-state index in [1.807, 2.05) is 27.7 Å². The molecule has 9 nitrogen and oxygen atoms in total. The zero-order chi connectivity index (χ0) is 33.1. The molecule has 0 bridgehead atoms. The van der Waals surface area contributed by atoms with Gasteiger partial charge in [-0.15, -0.1) is 11.3 Å². The van der Waals surface area contributed by atoms with Crippen molar-refractivity contribution in [2.75, 3.05) is 19.6 Å². The number of rotatable bonds is 16. The molecule has 0 aliphatic heterocycles. The second kappa shape index (κ2) is 17.1. The summed E-state index contributed by atoms with van der Waals surface area (Å²) in [6, 6.07) is 6.13. The fraction of sp³-hybridized carbons (Fsp3) is 0.455. The van der Waals surface area contributed by atoms with E-state index in [4.69, 9.17) is 0 Å². The van der Waals surface area contributed by atoms with Crippen LogP contribution in [0.3, 0.4) is 0 Å². The van der Waals surface area contributed by atoms with Gasteiger partial charge >= 0.3 is 0 Å². The molecule has 0 spiro atoms. The number of benzene rings is 2. The predicted octanol–water partition coefficient (Wildman–Crippen LogP) is 4.56. The maximum Gasteiger partial charge on any atom is 0.253 e. The van der Waals surface area contributed by atoms with Crippen molar-refractivity contribution in [1.29, 1.82) is 0 Å². The van der Waals surface area contributed by atoms with Gasteiger partial charge in [-0.1, -0.05) is 13.8 Å². The summed E-state index contributed by atoms with van der Waals surface area (Å²) in [5, 5.41) is 22.2. The molecule has 3 amide bonds. The highest BCUT2D eigenvalue weighted by molar-refractivity contribution is 7.13. The zero-order valence-electron chi connectivity index (χ0n) is 26.4. The average molecular weight is 644 g/mol. The van der Waals surface area contributed by atoms with Crippen molar-refractivity contribution < 1.29 is 28.3 Å². The Morgan fingerprint density at radius 1 is 0.933 bits per heavy atom. The summed E-state index contributed by atoms with van der Waals surface area (Å²) in [4.78, 5) is 45.8. The van der Waals surface area contributed by atoms with E-state index in [1.54, 1.807) is 35.5 Å². The van der Waals surface area contributed by atoms with Crippen molar-refractivity contribution in [1.82, 2.24) is 25.8 Å². The van der Waals surface area contributed by atoms with Gasteiger partial charge in [0.1, 0.15) is 16.6 Å². The Morgan fingerprint density at radius 3 is 2.16 bits per heavy atom. The molecular formula is C33H43F2N5O4S. The summed E-state index contributed by atoms with van der Waals surface area (Å²) in [6.07, 6.45) is 1.83. The normalized spacial score (nSPS) is 13.3. The van der Waals surface area contributed by atoms with Gasteiger partial charge < -0.3 is 26.0 Å². The number of carbonyl (C=O) groups excluding carboxylic acids is 3. The number of amides is 3. The van der Waals surface area contributed by atoms with Crippen LogP contribution >= 0.6 is 11.3 Å². The van der Waals surface area contributed by atoms with Crippen molar-refractivity contribution in [2.24, 2.45) is 0 Å². The van der Waals surface area contributed by atoms with Crippen LogP contribution in [-0.2, 0) is 11.2 Å². The molecule has 0 saturated carbocycles. The average Bonchev–Trinajstić information content (AvgIpc) is 3.53. The number of aliphatic hydroxyl groups is 1. The van der Waals surface area contributed by atoms with Crippen molar-refractivity contribution in [3.8, 4) is 10.6 Å². The molecule has 3 aromatic rings. The monoisotopic (exact) mass is 643 g/mol. The number of hydrogen-bond donors (Lipinski definition) is 4. The van der Waals surface area contributed by atoms with E-state index in [1.165, 1.54) is 17.4 Å². The third-order valence-electron chi connectivity index (χ3n) is 7.01.